The number of pyridine rings is 1. The van der Waals surface area contributed by atoms with Crippen molar-refractivity contribution < 1.29 is 9.30 Å². The zero-order chi connectivity index (χ0) is 35.0. The molecule has 17 heteroatoms. The Morgan fingerprint density at radius 1 is 0.960 bits per heavy atom. The quantitative estimate of drug-likeness (QED) is 0.183. The first-order valence-electron chi connectivity index (χ1n) is 16.7. The maximum absolute atomic E-state index is 13.5. The third-order valence-corrected chi connectivity index (χ3v) is 11.5. The van der Waals surface area contributed by atoms with Crippen LogP contribution in [0.5, 0.6) is 5.88 Å². The minimum absolute atomic E-state index is 0.324. The average Bonchev–Trinajstić information content (AvgIpc) is 3.55. The first-order valence-corrected chi connectivity index (χ1v) is 20.1. The highest BCUT2D eigenvalue weighted by molar-refractivity contribution is 9.10. The van der Waals surface area contributed by atoms with Crippen LogP contribution in [0.4, 0.5) is 29.0 Å². The van der Waals surface area contributed by atoms with Crippen LogP contribution in [-0.2, 0) is 4.57 Å². The number of methoxy groups -OCH3 is 1. The Bertz CT molecular complexity index is 1960. The molecule has 15 nitrogen and oxygen atoms in total. The van der Waals surface area contributed by atoms with Gasteiger partial charge in [-0.2, -0.15) is 9.97 Å². The SMILES string of the molecule is COc1nc(N2CCC(N3CCN(C)CC3)CC2)c(C2=CN(C)NN2)cc1Nc1ncc(Br)c(Nc2ccc3nccnc3c2P(C)(C)=O)n1. The summed E-state index contributed by atoms with van der Waals surface area (Å²) < 4.78 is 20.0. The number of likely N-dealkylation sites (N-methyl/N-ethyl adjacent to an activating group) is 1. The van der Waals surface area contributed by atoms with Gasteiger partial charge in [-0.3, -0.25) is 19.9 Å². The Hall–Kier alpha value is -4.08. The van der Waals surface area contributed by atoms with Crippen LogP contribution in [-0.4, -0.2) is 120 Å². The van der Waals surface area contributed by atoms with E-state index in [-0.39, 0.29) is 0 Å². The molecular formula is C33H43BrN13O2P. The van der Waals surface area contributed by atoms with Gasteiger partial charge in [-0.05, 0) is 67.3 Å². The van der Waals surface area contributed by atoms with E-state index in [2.05, 4.69) is 74.2 Å². The van der Waals surface area contributed by atoms with Crippen molar-refractivity contribution in [2.75, 3.05) is 89.3 Å². The molecule has 0 atom stereocenters. The largest absolute Gasteiger partial charge is 0.479 e. The molecule has 4 aromatic rings. The van der Waals surface area contributed by atoms with Crippen LogP contribution >= 0.6 is 23.1 Å². The Labute approximate surface area is 300 Å². The van der Waals surface area contributed by atoms with Gasteiger partial charge >= 0.3 is 0 Å². The Morgan fingerprint density at radius 2 is 1.72 bits per heavy atom. The van der Waals surface area contributed by atoms with Crippen molar-refractivity contribution in [2.24, 2.45) is 0 Å². The first kappa shape index (κ1) is 34.4. The highest BCUT2D eigenvalue weighted by Gasteiger charge is 2.30. The molecule has 3 aliphatic heterocycles. The van der Waals surface area contributed by atoms with Gasteiger partial charge in [0, 0.05) is 82.7 Å². The fourth-order valence-electron chi connectivity index (χ4n) is 6.78. The van der Waals surface area contributed by atoms with Gasteiger partial charge in [0.25, 0.3) is 0 Å². The van der Waals surface area contributed by atoms with Crippen LogP contribution in [0.25, 0.3) is 16.7 Å². The molecule has 0 amide bonds. The van der Waals surface area contributed by atoms with Crippen molar-refractivity contribution in [2.45, 2.75) is 18.9 Å². The number of hydrogen-bond acceptors (Lipinski definition) is 15. The number of halogens is 1. The second-order valence-corrected chi connectivity index (χ2v) is 17.2. The lowest BCUT2D eigenvalue weighted by Gasteiger charge is -2.42. The van der Waals surface area contributed by atoms with Crippen LogP contribution in [0, 0.1) is 0 Å². The third-order valence-electron chi connectivity index (χ3n) is 9.35. The molecule has 1 aromatic carbocycles. The lowest BCUT2D eigenvalue weighted by molar-refractivity contribution is 0.0981. The van der Waals surface area contributed by atoms with E-state index >= 15 is 0 Å². The van der Waals surface area contributed by atoms with Crippen LogP contribution in [0.2, 0.25) is 0 Å². The minimum Gasteiger partial charge on any atom is -0.479 e. The number of rotatable bonds is 9. The monoisotopic (exact) mass is 763 g/mol. The second-order valence-electron chi connectivity index (χ2n) is 13.2. The van der Waals surface area contributed by atoms with E-state index in [1.54, 1.807) is 39.0 Å². The van der Waals surface area contributed by atoms with E-state index in [9.17, 15) is 4.57 Å². The summed E-state index contributed by atoms with van der Waals surface area (Å²) in [6.07, 6.45) is 9.05. The average molecular weight is 765 g/mol. The maximum Gasteiger partial charge on any atom is 0.239 e. The standard InChI is InChI=1S/C33H43BrN13O2P/c1-44-14-16-46(17-15-44)21-8-12-47(13-9-21)31-22(27-20-45(2)43-42-27)18-26(32(41-31)49-3)39-33-37-19-23(34)30(40-33)38-25-7-6-24-28(36-11-10-35-24)29(25)50(4,5)48/h6-7,10-11,18-21,42-43H,8-9,12-17H2,1-5H3,(H2,37,38,39,40). The van der Waals surface area contributed by atoms with Crippen molar-refractivity contribution in [1.82, 2.24) is 50.7 Å². The molecular weight excluding hydrogens is 721 g/mol. The maximum atomic E-state index is 13.5. The smallest absolute Gasteiger partial charge is 0.239 e. The molecule has 0 unspecified atom stereocenters. The van der Waals surface area contributed by atoms with Crippen molar-refractivity contribution >= 4 is 74.1 Å². The number of nitrogens with one attached hydrogen (secondary N) is 4. The molecule has 0 bridgehead atoms. The van der Waals surface area contributed by atoms with Crippen molar-refractivity contribution in [3.05, 3.63) is 53.0 Å². The van der Waals surface area contributed by atoms with Crippen molar-refractivity contribution in [3.63, 3.8) is 0 Å². The van der Waals surface area contributed by atoms with Gasteiger partial charge in [-0.25, -0.2) is 4.98 Å². The summed E-state index contributed by atoms with van der Waals surface area (Å²) in [7, 11) is 2.98. The number of fused-ring (bicyclic) bond motifs is 1. The summed E-state index contributed by atoms with van der Waals surface area (Å²) >= 11 is 3.59. The Balaban J connectivity index is 1.18. The zero-order valence-electron chi connectivity index (χ0n) is 28.9. The third kappa shape index (κ3) is 7.21. The van der Waals surface area contributed by atoms with E-state index in [1.165, 1.54) is 0 Å². The van der Waals surface area contributed by atoms with Crippen LogP contribution in [0.1, 0.15) is 18.4 Å². The number of benzene rings is 1. The fraction of sp³-hybridized carbons (Fsp3) is 0.424. The summed E-state index contributed by atoms with van der Waals surface area (Å²) in [4.78, 5) is 30.7. The minimum atomic E-state index is -2.77. The molecule has 6 heterocycles. The summed E-state index contributed by atoms with van der Waals surface area (Å²) in [6.45, 7) is 9.74. The van der Waals surface area contributed by atoms with Gasteiger partial charge in [-0.15, -0.1) is 5.53 Å². The number of ether oxygens (including phenoxy) is 1. The first-order chi connectivity index (χ1) is 24.1. The highest BCUT2D eigenvalue weighted by atomic mass is 79.9. The van der Waals surface area contributed by atoms with E-state index in [1.807, 2.05) is 36.5 Å². The molecule has 0 saturated carbocycles. The molecule has 0 aliphatic carbocycles. The van der Waals surface area contributed by atoms with Gasteiger partial charge in [-0.1, -0.05) is 0 Å². The molecule has 264 valence electrons. The van der Waals surface area contributed by atoms with Gasteiger partial charge < -0.3 is 35.2 Å². The van der Waals surface area contributed by atoms with E-state index in [0.717, 1.165) is 69.2 Å². The van der Waals surface area contributed by atoms with E-state index < -0.39 is 7.14 Å². The number of aromatic nitrogens is 5. The van der Waals surface area contributed by atoms with E-state index in [4.69, 9.17) is 14.7 Å². The summed E-state index contributed by atoms with van der Waals surface area (Å²) in [6, 6.07) is 6.31. The molecule has 7 rings (SSSR count). The predicted octanol–water partition coefficient (Wildman–Crippen LogP) is 3.79. The lowest BCUT2D eigenvalue weighted by atomic mass is 10.0. The molecule has 2 saturated heterocycles. The Morgan fingerprint density at radius 3 is 2.42 bits per heavy atom. The predicted molar refractivity (Wildman–Crippen MR) is 202 cm³/mol. The topological polar surface area (TPSA) is 152 Å². The van der Waals surface area contributed by atoms with Gasteiger partial charge in [0.05, 0.1) is 33.8 Å². The number of hydrogen-bond donors (Lipinski definition) is 4. The lowest BCUT2D eigenvalue weighted by Crippen LogP contribution is -2.52. The van der Waals surface area contributed by atoms with Crippen LogP contribution in [0.15, 0.2) is 47.5 Å². The van der Waals surface area contributed by atoms with E-state index in [0.29, 0.717) is 55.9 Å². The van der Waals surface area contributed by atoms with Gasteiger partial charge in [0.15, 0.2) is 0 Å². The van der Waals surface area contributed by atoms with Crippen LogP contribution in [0.3, 0.4) is 0 Å². The molecule has 2 fully saturated rings. The van der Waals surface area contributed by atoms with Crippen molar-refractivity contribution in [1.29, 1.82) is 0 Å². The zero-order valence-corrected chi connectivity index (χ0v) is 31.4. The number of piperidine rings is 1. The number of hydrazine groups is 2. The highest BCUT2D eigenvalue weighted by Crippen LogP contribution is 2.42. The molecule has 0 radical (unpaired) electrons. The molecule has 3 aliphatic rings. The van der Waals surface area contributed by atoms with Crippen molar-refractivity contribution in [3.8, 4) is 5.88 Å². The number of piperazine rings is 1. The van der Waals surface area contributed by atoms with Gasteiger partial charge in [0.1, 0.15) is 30.0 Å². The molecule has 50 heavy (non-hydrogen) atoms. The molecule has 3 aromatic heterocycles. The number of nitrogens with zero attached hydrogens (tertiary/aromatic N) is 9. The second kappa shape index (κ2) is 14.3. The van der Waals surface area contributed by atoms with Gasteiger partial charge in [0.2, 0.25) is 11.8 Å². The summed E-state index contributed by atoms with van der Waals surface area (Å²) in [5.41, 5.74) is 10.7. The Kier molecular flexibility index (Phi) is 9.81. The normalized spacial score (nSPS) is 17.9. The fourth-order valence-corrected chi connectivity index (χ4v) is 8.46. The molecule has 0 spiro atoms. The van der Waals surface area contributed by atoms with Crippen LogP contribution < -0.4 is 36.5 Å². The molecule has 4 N–H and O–H groups in total. The number of anilines is 5. The summed E-state index contributed by atoms with van der Waals surface area (Å²) in [5.74, 6) is 2.09. The summed E-state index contributed by atoms with van der Waals surface area (Å²) in [5, 5.41) is 9.18.